The van der Waals surface area contributed by atoms with Gasteiger partial charge in [0.05, 0.1) is 5.54 Å². The number of amides is 2. The Morgan fingerprint density at radius 3 is 2.30 bits per heavy atom. The molecule has 126 valence electrons. The SMILES string of the molecule is CC(C)(N)C(=O)NCCC(=O)N1CCN(c2ccccc2)CC1. The molecule has 0 aromatic heterocycles. The van der Waals surface area contributed by atoms with Gasteiger partial charge in [0.25, 0.3) is 0 Å². The molecule has 6 heteroatoms. The van der Waals surface area contributed by atoms with Gasteiger partial charge in [-0.3, -0.25) is 9.59 Å². The topological polar surface area (TPSA) is 78.7 Å². The molecule has 1 heterocycles. The number of rotatable bonds is 5. The Bertz CT molecular complexity index is 531. The van der Waals surface area contributed by atoms with Crippen LogP contribution in [0.2, 0.25) is 0 Å². The van der Waals surface area contributed by atoms with Crippen molar-refractivity contribution in [2.45, 2.75) is 25.8 Å². The monoisotopic (exact) mass is 318 g/mol. The molecule has 0 unspecified atom stereocenters. The summed E-state index contributed by atoms with van der Waals surface area (Å²) < 4.78 is 0. The van der Waals surface area contributed by atoms with Crippen molar-refractivity contribution in [1.82, 2.24) is 10.2 Å². The molecule has 0 aliphatic carbocycles. The fourth-order valence-corrected chi connectivity index (χ4v) is 2.52. The standard InChI is InChI=1S/C17H26N4O2/c1-17(2,18)16(23)19-9-8-15(22)21-12-10-20(11-13-21)14-6-4-3-5-7-14/h3-7H,8-13,18H2,1-2H3,(H,19,23). The first-order valence-electron chi connectivity index (χ1n) is 8.03. The molecule has 1 fully saturated rings. The average molecular weight is 318 g/mol. The van der Waals surface area contributed by atoms with Gasteiger partial charge in [0.15, 0.2) is 0 Å². The molecule has 23 heavy (non-hydrogen) atoms. The molecule has 6 nitrogen and oxygen atoms in total. The number of hydrogen-bond donors (Lipinski definition) is 2. The maximum Gasteiger partial charge on any atom is 0.239 e. The van der Waals surface area contributed by atoms with Crippen LogP contribution in [0.3, 0.4) is 0 Å². The lowest BCUT2D eigenvalue weighted by molar-refractivity contribution is -0.131. The van der Waals surface area contributed by atoms with E-state index in [0.717, 1.165) is 13.1 Å². The summed E-state index contributed by atoms with van der Waals surface area (Å²) in [6.07, 6.45) is 0.313. The van der Waals surface area contributed by atoms with Gasteiger partial charge in [-0.25, -0.2) is 0 Å². The number of nitrogens with zero attached hydrogens (tertiary/aromatic N) is 2. The number of benzene rings is 1. The Hall–Kier alpha value is -2.08. The lowest BCUT2D eigenvalue weighted by Gasteiger charge is -2.36. The maximum absolute atomic E-state index is 12.2. The molecule has 1 aliphatic rings. The van der Waals surface area contributed by atoms with Crippen LogP contribution >= 0.6 is 0 Å². The highest BCUT2D eigenvalue weighted by Crippen LogP contribution is 2.15. The molecule has 1 aliphatic heterocycles. The van der Waals surface area contributed by atoms with Crippen LogP contribution < -0.4 is 16.0 Å². The van der Waals surface area contributed by atoms with Crippen molar-refractivity contribution < 1.29 is 9.59 Å². The van der Waals surface area contributed by atoms with Gasteiger partial charge in [-0.15, -0.1) is 0 Å². The van der Waals surface area contributed by atoms with Gasteiger partial charge >= 0.3 is 0 Å². The van der Waals surface area contributed by atoms with Crippen LogP contribution in [-0.2, 0) is 9.59 Å². The van der Waals surface area contributed by atoms with Crippen LogP contribution in [0.25, 0.3) is 0 Å². The molecule has 0 radical (unpaired) electrons. The van der Waals surface area contributed by atoms with E-state index < -0.39 is 5.54 Å². The molecule has 0 atom stereocenters. The minimum absolute atomic E-state index is 0.0767. The Kier molecular flexibility index (Phi) is 5.60. The number of anilines is 1. The number of para-hydroxylation sites is 1. The second kappa shape index (κ2) is 7.46. The van der Waals surface area contributed by atoms with Gasteiger partial charge in [0.2, 0.25) is 11.8 Å². The minimum Gasteiger partial charge on any atom is -0.368 e. The lowest BCUT2D eigenvalue weighted by atomic mass is 10.1. The van der Waals surface area contributed by atoms with E-state index in [4.69, 9.17) is 5.73 Å². The van der Waals surface area contributed by atoms with Crippen LogP contribution in [-0.4, -0.2) is 55.0 Å². The van der Waals surface area contributed by atoms with Crippen LogP contribution in [0.5, 0.6) is 0 Å². The minimum atomic E-state index is -0.912. The Morgan fingerprint density at radius 1 is 1.13 bits per heavy atom. The Morgan fingerprint density at radius 2 is 1.74 bits per heavy atom. The molecule has 2 rings (SSSR count). The summed E-state index contributed by atoms with van der Waals surface area (Å²) in [5.41, 5.74) is 5.98. The molecular weight excluding hydrogens is 292 g/mol. The Balaban J connectivity index is 1.73. The van der Waals surface area contributed by atoms with Crippen LogP contribution in [0.1, 0.15) is 20.3 Å². The highest BCUT2D eigenvalue weighted by atomic mass is 16.2. The third-order valence-electron chi connectivity index (χ3n) is 3.96. The molecule has 1 saturated heterocycles. The predicted molar refractivity (Wildman–Crippen MR) is 91.1 cm³/mol. The van der Waals surface area contributed by atoms with E-state index in [1.54, 1.807) is 13.8 Å². The smallest absolute Gasteiger partial charge is 0.239 e. The van der Waals surface area contributed by atoms with Crippen molar-refractivity contribution in [3.63, 3.8) is 0 Å². The number of carbonyl (C=O) groups is 2. The van der Waals surface area contributed by atoms with E-state index in [0.29, 0.717) is 26.1 Å². The molecule has 2 amide bonds. The molecule has 0 spiro atoms. The van der Waals surface area contributed by atoms with Crippen molar-refractivity contribution in [2.24, 2.45) is 5.73 Å². The van der Waals surface area contributed by atoms with E-state index in [9.17, 15) is 9.59 Å². The van der Waals surface area contributed by atoms with E-state index in [2.05, 4.69) is 22.3 Å². The predicted octanol–water partition coefficient (Wildman–Crippen LogP) is 0.579. The van der Waals surface area contributed by atoms with Crippen LogP contribution in [0.15, 0.2) is 30.3 Å². The van der Waals surface area contributed by atoms with Gasteiger partial charge in [0.1, 0.15) is 0 Å². The van der Waals surface area contributed by atoms with E-state index in [-0.39, 0.29) is 11.8 Å². The number of piperazine rings is 1. The van der Waals surface area contributed by atoms with E-state index >= 15 is 0 Å². The summed E-state index contributed by atoms with van der Waals surface area (Å²) in [4.78, 5) is 28.0. The Labute approximate surface area is 137 Å². The van der Waals surface area contributed by atoms with E-state index in [1.807, 2.05) is 23.1 Å². The largest absolute Gasteiger partial charge is 0.368 e. The molecule has 0 saturated carbocycles. The summed E-state index contributed by atoms with van der Waals surface area (Å²) in [6, 6.07) is 10.2. The summed E-state index contributed by atoms with van der Waals surface area (Å²) >= 11 is 0. The number of nitrogens with two attached hydrogens (primary N) is 1. The fourth-order valence-electron chi connectivity index (χ4n) is 2.52. The molecule has 0 bridgehead atoms. The highest BCUT2D eigenvalue weighted by Gasteiger charge is 2.23. The zero-order chi connectivity index (χ0) is 16.9. The molecule has 1 aromatic rings. The van der Waals surface area contributed by atoms with Crippen LogP contribution in [0, 0.1) is 0 Å². The number of carbonyl (C=O) groups excluding carboxylic acids is 2. The molecule has 1 aromatic carbocycles. The lowest BCUT2D eigenvalue weighted by Crippen LogP contribution is -2.51. The fraction of sp³-hybridized carbons (Fsp3) is 0.529. The summed E-state index contributed by atoms with van der Waals surface area (Å²) in [5, 5.41) is 2.71. The van der Waals surface area contributed by atoms with Gasteiger partial charge in [-0.1, -0.05) is 18.2 Å². The summed E-state index contributed by atoms with van der Waals surface area (Å²) in [5.74, 6) is -0.160. The van der Waals surface area contributed by atoms with Crippen molar-refractivity contribution in [2.75, 3.05) is 37.6 Å². The third kappa shape index (κ3) is 4.96. The first-order valence-corrected chi connectivity index (χ1v) is 8.03. The zero-order valence-electron chi connectivity index (χ0n) is 13.9. The van der Waals surface area contributed by atoms with Gasteiger partial charge < -0.3 is 20.9 Å². The quantitative estimate of drug-likeness (QED) is 0.832. The molecule has 3 N–H and O–H groups in total. The third-order valence-corrected chi connectivity index (χ3v) is 3.96. The first kappa shape index (κ1) is 17.3. The number of nitrogens with one attached hydrogen (secondary N) is 1. The average Bonchev–Trinajstić information content (AvgIpc) is 2.54. The van der Waals surface area contributed by atoms with Crippen molar-refractivity contribution in [1.29, 1.82) is 0 Å². The van der Waals surface area contributed by atoms with Gasteiger partial charge in [0, 0.05) is 44.8 Å². The van der Waals surface area contributed by atoms with E-state index in [1.165, 1.54) is 5.69 Å². The van der Waals surface area contributed by atoms with Gasteiger partial charge in [-0.05, 0) is 26.0 Å². The van der Waals surface area contributed by atoms with Crippen molar-refractivity contribution in [3.05, 3.63) is 30.3 Å². The number of hydrogen-bond acceptors (Lipinski definition) is 4. The second-order valence-corrected chi connectivity index (χ2v) is 6.43. The molecular formula is C17H26N4O2. The first-order chi connectivity index (χ1) is 10.9. The summed E-state index contributed by atoms with van der Waals surface area (Å²) in [7, 11) is 0. The maximum atomic E-state index is 12.2. The highest BCUT2D eigenvalue weighted by molar-refractivity contribution is 5.85. The second-order valence-electron chi connectivity index (χ2n) is 6.43. The normalized spacial score (nSPS) is 15.4. The summed E-state index contributed by atoms with van der Waals surface area (Å²) in [6.45, 7) is 6.71. The van der Waals surface area contributed by atoms with Crippen molar-refractivity contribution >= 4 is 17.5 Å². The van der Waals surface area contributed by atoms with Crippen LogP contribution in [0.4, 0.5) is 5.69 Å². The zero-order valence-corrected chi connectivity index (χ0v) is 13.9. The van der Waals surface area contributed by atoms with Crippen molar-refractivity contribution in [3.8, 4) is 0 Å². The van der Waals surface area contributed by atoms with Gasteiger partial charge in [-0.2, -0.15) is 0 Å².